The van der Waals surface area contributed by atoms with Crippen molar-refractivity contribution < 1.29 is 4.79 Å². The molecule has 0 saturated carbocycles. The minimum absolute atomic E-state index is 0.234. The zero-order valence-electron chi connectivity index (χ0n) is 10.8. The van der Waals surface area contributed by atoms with E-state index in [1.807, 2.05) is 32.0 Å². The fourth-order valence-electron chi connectivity index (χ4n) is 1.76. The highest BCUT2D eigenvalue weighted by Crippen LogP contribution is 2.14. The number of nitrogens with zero attached hydrogens (tertiary/aromatic N) is 2. The van der Waals surface area contributed by atoms with E-state index in [9.17, 15) is 4.79 Å². The lowest BCUT2D eigenvalue weighted by Crippen LogP contribution is -2.15. The van der Waals surface area contributed by atoms with Gasteiger partial charge in [-0.3, -0.25) is 4.79 Å². The molecule has 0 aliphatic heterocycles. The van der Waals surface area contributed by atoms with Crippen LogP contribution < -0.4 is 16.6 Å². The lowest BCUT2D eigenvalue weighted by molar-refractivity contribution is 0.102. The molecule has 1 aromatic heterocycles. The van der Waals surface area contributed by atoms with Crippen LogP contribution in [-0.4, -0.2) is 15.9 Å². The summed E-state index contributed by atoms with van der Waals surface area (Å²) in [5.74, 6) is 5.28. The number of rotatable bonds is 3. The van der Waals surface area contributed by atoms with Gasteiger partial charge in [0.15, 0.2) is 5.82 Å². The van der Waals surface area contributed by atoms with Crippen LogP contribution in [0.15, 0.2) is 30.6 Å². The van der Waals surface area contributed by atoms with E-state index in [1.165, 1.54) is 12.4 Å². The number of hydrogen-bond acceptors (Lipinski definition) is 5. The molecule has 98 valence electrons. The summed E-state index contributed by atoms with van der Waals surface area (Å²) in [6.07, 6.45) is 2.77. The number of aromatic nitrogens is 2. The van der Waals surface area contributed by atoms with Gasteiger partial charge in [-0.2, -0.15) is 0 Å². The molecule has 1 amide bonds. The summed E-state index contributed by atoms with van der Waals surface area (Å²) in [7, 11) is 0. The third kappa shape index (κ3) is 3.26. The van der Waals surface area contributed by atoms with E-state index in [0.29, 0.717) is 5.82 Å². The standard InChI is InChI=1S/C13H15N5O/c1-8-3-9(2)5-10(4-8)17-13(19)11-6-16-12(18-14)7-15-11/h3-7H,14H2,1-2H3,(H,16,18)(H,17,19). The zero-order chi connectivity index (χ0) is 13.8. The molecular formula is C13H15N5O. The number of nitrogens with one attached hydrogen (secondary N) is 2. The average Bonchev–Trinajstić information content (AvgIpc) is 2.37. The molecule has 0 bridgehead atoms. The molecule has 2 rings (SSSR count). The predicted octanol–water partition coefficient (Wildman–Crippen LogP) is 1.63. The number of carbonyl (C=O) groups is 1. The molecule has 6 nitrogen and oxygen atoms in total. The minimum Gasteiger partial charge on any atom is -0.321 e. The Hall–Kier alpha value is -2.47. The van der Waals surface area contributed by atoms with E-state index in [2.05, 4.69) is 20.7 Å². The number of amides is 1. The Morgan fingerprint density at radius 3 is 2.32 bits per heavy atom. The maximum atomic E-state index is 12.0. The van der Waals surface area contributed by atoms with Crippen LogP contribution in [0.5, 0.6) is 0 Å². The van der Waals surface area contributed by atoms with Crippen molar-refractivity contribution in [3.05, 3.63) is 47.4 Å². The van der Waals surface area contributed by atoms with Gasteiger partial charge >= 0.3 is 0 Å². The van der Waals surface area contributed by atoms with Gasteiger partial charge in [0.2, 0.25) is 0 Å². The summed E-state index contributed by atoms with van der Waals surface area (Å²) >= 11 is 0. The summed E-state index contributed by atoms with van der Waals surface area (Å²) in [6, 6.07) is 5.83. The Labute approximate surface area is 111 Å². The number of nitrogens with two attached hydrogens (primary N) is 1. The molecule has 2 aromatic rings. The van der Waals surface area contributed by atoms with Crippen molar-refractivity contribution in [2.45, 2.75) is 13.8 Å². The molecule has 0 unspecified atom stereocenters. The molecule has 0 saturated heterocycles. The summed E-state index contributed by atoms with van der Waals surface area (Å²) in [6.45, 7) is 3.95. The molecule has 0 radical (unpaired) electrons. The fourth-order valence-corrected chi connectivity index (χ4v) is 1.76. The average molecular weight is 257 g/mol. The Kier molecular flexibility index (Phi) is 3.72. The number of hydrogen-bond donors (Lipinski definition) is 3. The lowest BCUT2D eigenvalue weighted by atomic mass is 10.1. The smallest absolute Gasteiger partial charge is 0.275 e. The van der Waals surface area contributed by atoms with E-state index in [4.69, 9.17) is 5.84 Å². The number of carbonyl (C=O) groups excluding carboxylic acids is 1. The van der Waals surface area contributed by atoms with Gasteiger partial charge in [0, 0.05) is 5.69 Å². The van der Waals surface area contributed by atoms with Gasteiger partial charge in [-0.15, -0.1) is 0 Å². The molecule has 1 aromatic carbocycles. The van der Waals surface area contributed by atoms with Crippen LogP contribution in [0.4, 0.5) is 11.5 Å². The first-order valence-corrected chi connectivity index (χ1v) is 5.77. The largest absolute Gasteiger partial charge is 0.321 e. The van der Waals surface area contributed by atoms with Crippen molar-refractivity contribution in [2.24, 2.45) is 5.84 Å². The molecular weight excluding hydrogens is 242 g/mol. The minimum atomic E-state index is -0.305. The lowest BCUT2D eigenvalue weighted by Gasteiger charge is -2.07. The van der Waals surface area contributed by atoms with Crippen LogP contribution in [0.25, 0.3) is 0 Å². The third-order valence-corrected chi connectivity index (χ3v) is 2.51. The Morgan fingerprint density at radius 2 is 1.79 bits per heavy atom. The number of aryl methyl sites for hydroxylation is 2. The molecule has 0 atom stereocenters. The van der Waals surface area contributed by atoms with Gasteiger partial charge < -0.3 is 10.7 Å². The van der Waals surface area contributed by atoms with E-state index in [1.54, 1.807) is 0 Å². The number of hydrazine groups is 1. The van der Waals surface area contributed by atoms with Gasteiger partial charge in [0.1, 0.15) is 5.69 Å². The molecule has 19 heavy (non-hydrogen) atoms. The molecule has 4 N–H and O–H groups in total. The molecule has 6 heteroatoms. The number of anilines is 2. The second-order valence-electron chi connectivity index (χ2n) is 4.26. The van der Waals surface area contributed by atoms with Crippen molar-refractivity contribution in [2.75, 3.05) is 10.7 Å². The third-order valence-electron chi connectivity index (χ3n) is 2.51. The first-order chi connectivity index (χ1) is 9.08. The van der Waals surface area contributed by atoms with Crippen LogP contribution in [0.2, 0.25) is 0 Å². The predicted molar refractivity (Wildman–Crippen MR) is 73.7 cm³/mol. The molecule has 0 aliphatic carbocycles. The van der Waals surface area contributed by atoms with Gasteiger partial charge in [-0.05, 0) is 37.1 Å². The topological polar surface area (TPSA) is 92.9 Å². The molecule has 1 heterocycles. The van der Waals surface area contributed by atoms with Crippen molar-refractivity contribution in [1.82, 2.24) is 9.97 Å². The highest BCUT2D eigenvalue weighted by Gasteiger charge is 2.08. The SMILES string of the molecule is Cc1cc(C)cc(NC(=O)c2cnc(NN)cn2)c1. The van der Waals surface area contributed by atoms with Crippen molar-refractivity contribution in [3.8, 4) is 0 Å². The van der Waals surface area contributed by atoms with Crippen LogP contribution in [0.3, 0.4) is 0 Å². The summed E-state index contributed by atoms with van der Waals surface area (Å²) in [5.41, 5.74) is 5.50. The summed E-state index contributed by atoms with van der Waals surface area (Å²) < 4.78 is 0. The maximum absolute atomic E-state index is 12.0. The Morgan fingerprint density at radius 1 is 1.11 bits per heavy atom. The number of benzene rings is 1. The van der Waals surface area contributed by atoms with Crippen molar-refractivity contribution >= 4 is 17.4 Å². The highest BCUT2D eigenvalue weighted by atomic mass is 16.1. The normalized spacial score (nSPS) is 10.1. The summed E-state index contributed by atoms with van der Waals surface area (Å²) in [4.78, 5) is 19.9. The van der Waals surface area contributed by atoms with Crippen molar-refractivity contribution in [1.29, 1.82) is 0 Å². The first-order valence-electron chi connectivity index (χ1n) is 5.77. The maximum Gasteiger partial charge on any atom is 0.275 e. The fraction of sp³-hybridized carbons (Fsp3) is 0.154. The van der Waals surface area contributed by atoms with Gasteiger partial charge in [0.25, 0.3) is 5.91 Å². The van der Waals surface area contributed by atoms with E-state index in [0.717, 1.165) is 16.8 Å². The van der Waals surface area contributed by atoms with Crippen LogP contribution in [0.1, 0.15) is 21.6 Å². The van der Waals surface area contributed by atoms with Gasteiger partial charge in [-0.25, -0.2) is 15.8 Å². The number of nitrogen functional groups attached to an aromatic ring is 1. The van der Waals surface area contributed by atoms with Crippen LogP contribution in [-0.2, 0) is 0 Å². The van der Waals surface area contributed by atoms with Gasteiger partial charge in [-0.1, -0.05) is 6.07 Å². The van der Waals surface area contributed by atoms with E-state index < -0.39 is 0 Å². The van der Waals surface area contributed by atoms with E-state index in [-0.39, 0.29) is 11.6 Å². The molecule has 0 aliphatic rings. The van der Waals surface area contributed by atoms with E-state index >= 15 is 0 Å². The Bertz CT molecular complexity index is 574. The molecule has 0 fully saturated rings. The highest BCUT2D eigenvalue weighted by molar-refractivity contribution is 6.02. The monoisotopic (exact) mass is 257 g/mol. The second-order valence-corrected chi connectivity index (χ2v) is 4.26. The first kappa shape index (κ1) is 13.0. The Balaban J connectivity index is 2.15. The summed E-state index contributed by atoms with van der Waals surface area (Å²) in [5, 5.41) is 2.78. The quantitative estimate of drug-likeness (QED) is 0.574. The zero-order valence-corrected chi connectivity index (χ0v) is 10.8. The second kappa shape index (κ2) is 5.45. The van der Waals surface area contributed by atoms with Crippen LogP contribution >= 0.6 is 0 Å². The van der Waals surface area contributed by atoms with Crippen molar-refractivity contribution in [3.63, 3.8) is 0 Å². The van der Waals surface area contributed by atoms with Crippen LogP contribution in [0, 0.1) is 13.8 Å². The molecule has 0 spiro atoms. The van der Waals surface area contributed by atoms with Gasteiger partial charge in [0.05, 0.1) is 12.4 Å².